The van der Waals surface area contributed by atoms with Crippen LogP contribution in [0.4, 0.5) is 23.2 Å². The monoisotopic (exact) mass is 550 g/mol. The molecule has 172 valence electrons. The van der Waals surface area contributed by atoms with E-state index in [-0.39, 0.29) is 20.8 Å². The Bertz CT molecular complexity index is 1090. The highest BCUT2D eigenvalue weighted by molar-refractivity contribution is 6.53. The van der Waals surface area contributed by atoms with E-state index in [9.17, 15) is 27.2 Å². The van der Waals surface area contributed by atoms with Crippen molar-refractivity contribution in [1.29, 1.82) is 0 Å². The summed E-state index contributed by atoms with van der Waals surface area (Å²) in [6.07, 6.45) is -4.64. The van der Waals surface area contributed by atoms with Crippen molar-refractivity contribution in [3.63, 3.8) is 0 Å². The molecule has 2 unspecified atom stereocenters. The smallest absolute Gasteiger partial charge is 0.343 e. The molecule has 2 aromatic rings. The lowest BCUT2D eigenvalue weighted by molar-refractivity contribution is -0.123. The number of hydrogen-bond acceptors (Lipinski definition) is 2. The number of carbonyl (C=O) groups excluding carboxylic acids is 2. The van der Waals surface area contributed by atoms with Crippen LogP contribution in [0.1, 0.15) is 21.8 Å². The van der Waals surface area contributed by atoms with Gasteiger partial charge in [-0.2, -0.15) is 13.2 Å². The summed E-state index contributed by atoms with van der Waals surface area (Å²) < 4.78 is 49.0. The van der Waals surface area contributed by atoms with Gasteiger partial charge < -0.3 is 10.6 Å². The molecule has 0 radical (unpaired) electrons. The van der Waals surface area contributed by atoms with Gasteiger partial charge in [-0.1, -0.05) is 40.9 Å². The van der Waals surface area contributed by atoms with Crippen LogP contribution in [0.3, 0.4) is 0 Å². The molecule has 0 saturated heterocycles. The highest BCUT2D eigenvalue weighted by Crippen LogP contribution is 2.65. The van der Waals surface area contributed by atoms with Gasteiger partial charge in [-0.05, 0) is 29.8 Å². The number of hydrogen-bond donors (Lipinski definition) is 2. The van der Waals surface area contributed by atoms with Crippen molar-refractivity contribution < 1.29 is 27.2 Å². The third kappa shape index (κ3) is 5.20. The van der Waals surface area contributed by atoms with E-state index in [1.54, 1.807) is 5.32 Å². The standard InChI is InChI=1S/C19H11Cl5F4N2O2/c20-8-2-4-11(15(22)12(8)16(31)29-6-18(26,27)28)30-17(32)14-13(19(14,23)24)7-1-3-10(25)9(21)5-7/h1-5,13-14H,6H2,(H,29,31)(H,30,32). The molecule has 0 heterocycles. The first kappa shape index (κ1) is 25.2. The first-order chi connectivity index (χ1) is 14.7. The Hall–Kier alpha value is -1.45. The molecule has 4 nitrogen and oxygen atoms in total. The summed E-state index contributed by atoms with van der Waals surface area (Å²) in [5.41, 5.74) is -0.114. The zero-order valence-electron chi connectivity index (χ0n) is 15.5. The summed E-state index contributed by atoms with van der Waals surface area (Å²) in [7, 11) is 0. The first-order valence-electron chi connectivity index (χ1n) is 8.70. The van der Waals surface area contributed by atoms with Gasteiger partial charge in [-0.15, -0.1) is 23.2 Å². The van der Waals surface area contributed by atoms with Gasteiger partial charge in [-0.3, -0.25) is 9.59 Å². The highest BCUT2D eigenvalue weighted by atomic mass is 35.5. The fraction of sp³-hybridized carbons (Fsp3) is 0.263. The Morgan fingerprint density at radius 3 is 2.28 bits per heavy atom. The maximum absolute atomic E-state index is 13.4. The van der Waals surface area contributed by atoms with Crippen molar-refractivity contribution in [2.45, 2.75) is 16.4 Å². The molecule has 0 bridgehead atoms. The fourth-order valence-corrected chi connectivity index (χ4v) is 4.72. The largest absolute Gasteiger partial charge is 0.405 e. The average Bonchev–Trinajstić information content (AvgIpc) is 3.26. The summed E-state index contributed by atoms with van der Waals surface area (Å²) in [5.74, 6) is -4.23. The molecule has 2 aromatic carbocycles. The summed E-state index contributed by atoms with van der Waals surface area (Å²) in [4.78, 5) is 24.9. The third-order valence-corrected chi connectivity index (χ3v) is 6.60. The maximum atomic E-state index is 13.4. The summed E-state index contributed by atoms with van der Waals surface area (Å²) >= 11 is 30.3. The average molecular weight is 553 g/mol. The second-order valence-electron chi connectivity index (χ2n) is 6.87. The third-order valence-electron chi connectivity index (χ3n) is 4.66. The Balaban J connectivity index is 1.81. The number of amides is 2. The highest BCUT2D eigenvalue weighted by Gasteiger charge is 2.67. The van der Waals surface area contributed by atoms with E-state index < -0.39 is 52.1 Å². The van der Waals surface area contributed by atoms with Gasteiger partial charge in [0.25, 0.3) is 5.91 Å². The second-order valence-corrected chi connectivity index (χ2v) is 9.51. The van der Waals surface area contributed by atoms with Gasteiger partial charge in [0.2, 0.25) is 5.91 Å². The molecule has 13 heteroatoms. The molecule has 3 rings (SSSR count). The lowest BCUT2D eigenvalue weighted by atomic mass is 10.1. The number of alkyl halides is 5. The van der Waals surface area contributed by atoms with Crippen LogP contribution in [-0.4, -0.2) is 28.9 Å². The predicted molar refractivity (Wildman–Crippen MR) is 116 cm³/mol. The van der Waals surface area contributed by atoms with Crippen molar-refractivity contribution in [3.05, 3.63) is 62.3 Å². The quantitative estimate of drug-likeness (QED) is 0.324. The molecule has 0 aromatic heterocycles. The second kappa shape index (κ2) is 9.06. The minimum atomic E-state index is -4.64. The van der Waals surface area contributed by atoms with Crippen molar-refractivity contribution in [2.24, 2.45) is 5.92 Å². The maximum Gasteiger partial charge on any atom is 0.405 e. The van der Waals surface area contributed by atoms with Crippen LogP contribution in [0, 0.1) is 11.7 Å². The van der Waals surface area contributed by atoms with E-state index in [0.29, 0.717) is 5.56 Å². The summed E-state index contributed by atoms with van der Waals surface area (Å²) in [6, 6.07) is 6.24. The topological polar surface area (TPSA) is 58.2 Å². The lowest BCUT2D eigenvalue weighted by Crippen LogP contribution is -2.34. The summed E-state index contributed by atoms with van der Waals surface area (Å²) in [6.45, 7) is -1.60. The van der Waals surface area contributed by atoms with Crippen LogP contribution in [0.25, 0.3) is 0 Å². The van der Waals surface area contributed by atoms with Gasteiger partial charge in [0, 0.05) is 5.92 Å². The number of rotatable bonds is 5. The van der Waals surface area contributed by atoms with E-state index in [4.69, 9.17) is 58.0 Å². The number of carbonyl (C=O) groups is 2. The van der Waals surface area contributed by atoms with Crippen molar-refractivity contribution in [2.75, 3.05) is 11.9 Å². The SMILES string of the molecule is O=C(NCC(F)(F)F)c1c(Cl)ccc(NC(=O)C2C(c3ccc(F)c(Cl)c3)C2(Cl)Cl)c1Cl. The molecule has 2 N–H and O–H groups in total. The van der Waals surface area contributed by atoms with E-state index in [0.717, 1.165) is 6.07 Å². The molecule has 0 aliphatic heterocycles. The zero-order valence-corrected chi connectivity index (χ0v) is 19.2. The van der Waals surface area contributed by atoms with E-state index in [1.807, 2.05) is 0 Å². The normalized spacial score (nSPS) is 19.4. The van der Waals surface area contributed by atoms with Gasteiger partial charge >= 0.3 is 6.18 Å². The molecule has 1 aliphatic rings. The molecule has 2 amide bonds. The number of benzene rings is 2. The molecule has 0 spiro atoms. The lowest BCUT2D eigenvalue weighted by Gasteiger charge is -2.14. The minimum Gasteiger partial charge on any atom is -0.343 e. The predicted octanol–water partition coefficient (Wildman–Crippen LogP) is 6.60. The van der Waals surface area contributed by atoms with Gasteiger partial charge in [0.1, 0.15) is 16.7 Å². The minimum absolute atomic E-state index is 0.0925. The van der Waals surface area contributed by atoms with Crippen LogP contribution in [0.5, 0.6) is 0 Å². The van der Waals surface area contributed by atoms with E-state index in [1.165, 1.54) is 24.3 Å². The molecule has 1 fully saturated rings. The number of halogens is 9. The van der Waals surface area contributed by atoms with Crippen LogP contribution in [-0.2, 0) is 4.79 Å². The van der Waals surface area contributed by atoms with Crippen molar-refractivity contribution in [3.8, 4) is 0 Å². The number of anilines is 1. The van der Waals surface area contributed by atoms with Crippen LogP contribution in [0.15, 0.2) is 30.3 Å². The molecule has 1 saturated carbocycles. The van der Waals surface area contributed by atoms with E-state index in [2.05, 4.69) is 5.32 Å². The molecule has 2 atom stereocenters. The zero-order chi connectivity index (χ0) is 24.0. The summed E-state index contributed by atoms with van der Waals surface area (Å²) in [5, 5.41) is 3.33. The van der Waals surface area contributed by atoms with Crippen LogP contribution < -0.4 is 10.6 Å². The molecule has 1 aliphatic carbocycles. The number of nitrogens with one attached hydrogen (secondary N) is 2. The Morgan fingerprint density at radius 1 is 1.03 bits per heavy atom. The molecule has 32 heavy (non-hydrogen) atoms. The fourth-order valence-electron chi connectivity index (χ4n) is 3.11. The Morgan fingerprint density at radius 2 is 1.69 bits per heavy atom. The first-order valence-corrected chi connectivity index (χ1v) is 10.6. The van der Waals surface area contributed by atoms with Gasteiger partial charge in [0.05, 0.1) is 32.2 Å². The molecular weight excluding hydrogens is 541 g/mol. The van der Waals surface area contributed by atoms with Crippen LogP contribution >= 0.6 is 58.0 Å². The van der Waals surface area contributed by atoms with Crippen molar-refractivity contribution >= 4 is 75.5 Å². The van der Waals surface area contributed by atoms with Crippen molar-refractivity contribution in [1.82, 2.24) is 5.32 Å². The molecular formula is C19H11Cl5F4N2O2. The van der Waals surface area contributed by atoms with Crippen LogP contribution in [0.2, 0.25) is 15.1 Å². The Kier molecular flexibility index (Phi) is 7.13. The van der Waals surface area contributed by atoms with E-state index >= 15 is 0 Å². The Labute approximate surface area is 204 Å². The van der Waals surface area contributed by atoms with Gasteiger partial charge in [0.15, 0.2) is 0 Å². The van der Waals surface area contributed by atoms with Gasteiger partial charge in [-0.25, -0.2) is 4.39 Å².